The van der Waals surface area contributed by atoms with E-state index in [2.05, 4.69) is 0 Å². The Kier molecular flexibility index (Phi) is 10.8. The first kappa shape index (κ1) is 35.7. The minimum atomic E-state index is -3.81. The Hall–Kier alpha value is -1.74. The molecular weight excluding hydrogens is 594 g/mol. The fourth-order valence-electron chi connectivity index (χ4n) is 5.33. The van der Waals surface area contributed by atoms with Crippen LogP contribution >= 0.6 is 0 Å². The van der Waals surface area contributed by atoms with Crippen LogP contribution in [-0.2, 0) is 33.3 Å². The Morgan fingerprint density at radius 3 is 1.72 bits per heavy atom. The van der Waals surface area contributed by atoms with E-state index in [0.29, 0.717) is 6.92 Å². The lowest BCUT2D eigenvalue weighted by Crippen LogP contribution is -2.82. The zero-order chi connectivity index (χ0) is 32.8. The van der Waals surface area contributed by atoms with Gasteiger partial charge >= 0.3 is 11.9 Å². The van der Waals surface area contributed by atoms with E-state index >= 15 is 0 Å². The van der Waals surface area contributed by atoms with E-state index in [1.165, 1.54) is 0 Å². The van der Waals surface area contributed by atoms with Crippen LogP contribution in [0, 0.1) is 5.41 Å². The van der Waals surface area contributed by atoms with Crippen LogP contribution in [0.1, 0.15) is 6.92 Å². The van der Waals surface area contributed by atoms with Gasteiger partial charge in [-0.1, -0.05) is 0 Å². The molecule has 14 atom stereocenters. The van der Waals surface area contributed by atoms with Gasteiger partial charge in [0.05, 0.1) is 37.9 Å². The predicted molar refractivity (Wildman–Crippen MR) is 131 cm³/mol. The molecular formula is C22H39N3O18. The normalized spacial score (nSPS) is 45.5. The number of carbonyl (C=O) groups is 2. The predicted octanol–water partition coefficient (Wildman–Crippen LogP) is -8.81. The van der Waals surface area contributed by atoms with Gasteiger partial charge in [-0.3, -0.25) is 9.59 Å². The minimum absolute atomic E-state index is 0.469. The summed E-state index contributed by atoms with van der Waals surface area (Å²) in [6.07, 6.45) is -17.9. The van der Waals surface area contributed by atoms with E-state index in [1.807, 2.05) is 0 Å². The molecule has 0 aromatic rings. The van der Waals surface area contributed by atoms with Crippen molar-refractivity contribution in [2.45, 2.75) is 98.0 Å². The SMILES string of the molecule is CC(C(=O)O)(C(=O)O)[C@]1(CO)O[C@H](OC2[C@@H](CO)O[C@@H](OC3[C@@H](CO)O[C@@H](O)[C@H](N)[C@H]3O)[C@H](N)[C@H]2O)[C@H](N)[C@@H](O)C1(O)O. The molecule has 0 bridgehead atoms. The minimum Gasteiger partial charge on any atom is -0.480 e. The molecule has 0 aromatic carbocycles. The van der Waals surface area contributed by atoms with E-state index in [9.17, 15) is 65.8 Å². The first-order valence-corrected chi connectivity index (χ1v) is 12.9. The highest BCUT2D eigenvalue weighted by molar-refractivity contribution is 5.99. The highest BCUT2D eigenvalue weighted by Crippen LogP contribution is 2.48. The van der Waals surface area contributed by atoms with Gasteiger partial charge in [0.1, 0.15) is 42.7 Å². The van der Waals surface area contributed by atoms with Gasteiger partial charge in [-0.05, 0) is 6.92 Å². The number of carboxylic acid groups (broad SMARTS) is 2. The maximum atomic E-state index is 12.1. The van der Waals surface area contributed by atoms with Gasteiger partial charge in [-0.25, -0.2) is 0 Å². The molecule has 0 spiro atoms. The summed E-state index contributed by atoms with van der Waals surface area (Å²) in [5, 5.41) is 112. The van der Waals surface area contributed by atoms with Crippen molar-refractivity contribution in [1.82, 2.24) is 0 Å². The number of hydrogen-bond acceptors (Lipinski definition) is 19. The van der Waals surface area contributed by atoms with Crippen molar-refractivity contribution >= 4 is 11.9 Å². The summed E-state index contributed by atoms with van der Waals surface area (Å²) < 4.78 is 27.2. The molecule has 3 aliphatic heterocycles. The van der Waals surface area contributed by atoms with Crippen LogP contribution < -0.4 is 17.2 Å². The van der Waals surface area contributed by atoms with Crippen LogP contribution in [0.4, 0.5) is 0 Å². The zero-order valence-corrected chi connectivity index (χ0v) is 22.6. The highest BCUT2D eigenvalue weighted by Gasteiger charge is 2.76. The van der Waals surface area contributed by atoms with E-state index in [0.717, 1.165) is 0 Å². The second-order valence-electron chi connectivity index (χ2n) is 10.8. The summed E-state index contributed by atoms with van der Waals surface area (Å²) in [6.45, 7) is -2.98. The summed E-state index contributed by atoms with van der Waals surface area (Å²) >= 11 is 0. The molecule has 0 aromatic heterocycles. The van der Waals surface area contributed by atoms with Crippen molar-refractivity contribution in [3.8, 4) is 0 Å². The Balaban J connectivity index is 1.91. The molecule has 0 radical (unpaired) electrons. The van der Waals surface area contributed by atoms with Crippen LogP contribution in [0.2, 0.25) is 0 Å². The first-order chi connectivity index (χ1) is 19.9. The zero-order valence-electron chi connectivity index (χ0n) is 22.6. The van der Waals surface area contributed by atoms with E-state index in [1.54, 1.807) is 0 Å². The second-order valence-corrected chi connectivity index (χ2v) is 10.8. The standard InChI is InChI=1S/C22H39N3O18/c1-20(18(33)34,19(35)36)21(4-28)22(37,38)14(31)9(25)17(43-21)42-13-6(3-27)40-16(8(24)11(13)30)41-12-5(2-26)39-15(32)7(23)10(12)29/h5-17,26-32,37-38H,2-4,23-25H2,1H3,(H,33,34)(H,35,36)/t5-,6-,7-,8-,9-,10-,11-,12?,13?,14-,15-,16+,17+,21+/m1/s1. The maximum absolute atomic E-state index is 12.1. The maximum Gasteiger partial charge on any atom is 0.324 e. The average molecular weight is 634 g/mol. The number of hydrogen-bond donors (Lipinski definition) is 14. The molecule has 3 aliphatic rings. The van der Waals surface area contributed by atoms with Crippen molar-refractivity contribution < 1.29 is 89.4 Å². The molecule has 3 saturated heterocycles. The molecule has 0 saturated carbocycles. The van der Waals surface area contributed by atoms with Gasteiger partial charge in [0, 0.05) is 0 Å². The second kappa shape index (κ2) is 12.9. The van der Waals surface area contributed by atoms with Crippen LogP contribution in [0.25, 0.3) is 0 Å². The Morgan fingerprint density at radius 2 is 1.26 bits per heavy atom. The average Bonchev–Trinajstić information content (AvgIpc) is 2.96. The van der Waals surface area contributed by atoms with E-state index in [4.69, 9.17) is 40.9 Å². The number of rotatable bonds is 10. The van der Waals surface area contributed by atoms with Crippen LogP contribution in [0.15, 0.2) is 0 Å². The summed E-state index contributed by atoms with van der Waals surface area (Å²) in [5.74, 6) is -8.25. The van der Waals surface area contributed by atoms with Gasteiger partial charge in [0.15, 0.2) is 29.9 Å². The van der Waals surface area contributed by atoms with Crippen molar-refractivity contribution in [3.63, 3.8) is 0 Å². The summed E-state index contributed by atoms with van der Waals surface area (Å²) in [5.41, 5.74) is 10.8. The van der Waals surface area contributed by atoms with Crippen molar-refractivity contribution in [2.75, 3.05) is 19.8 Å². The van der Waals surface area contributed by atoms with Crippen molar-refractivity contribution in [3.05, 3.63) is 0 Å². The van der Waals surface area contributed by atoms with E-state index in [-0.39, 0.29) is 0 Å². The summed E-state index contributed by atoms with van der Waals surface area (Å²) in [7, 11) is 0. The van der Waals surface area contributed by atoms with Gasteiger partial charge < -0.3 is 97.1 Å². The number of carboxylic acids is 2. The Labute approximate surface area is 242 Å². The van der Waals surface area contributed by atoms with Gasteiger partial charge in [0.2, 0.25) is 5.79 Å². The largest absolute Gasteiger partial charge is 0.480 e. The number of aliphatic carboxylic acids is 2. The fourth-order valence-corrected chi connectivity index (χ4v) is 5.33. The van der Waals surface area contributed by atoms with E-state index < -0.39 is 128 Å². The molecule has 2 unspecified atom stereocenters. The molecule has 21 nitrogen and oxygen atoms in total. The summed E-state index contributed by atoms with van der Waals surface area (Å²) in [4.78, 5) is 24.1. The summed E-state index contributed by atoms with van der Waals surface area (Å²) in [6, 6.07) is -5.00. The van der Waals surface area contributed by atoms with Crippen molar-refractivity contribution in [1.29, 1.82) is 0 Å². The van der Waals surface area contributed by atoms with Crippen LogP contribution in [0.3, 0.4) is 0 Å². The quantitative estimate of drug-likeness (QED) is 0.0784. The third kappa shape index (κ3) is 5.64. The molecule has 0 aliphatic carbocycles. The Morgan fingerprint density at radius 1 is 0.791 bits per heavy atom. The molecule has 250 valence electrons. The number of ether oxygens (including phenoxy) is 5. The van der Waals surface area contributed by atoms with Gasteiger partial charge in [-0.15, -0.1) is 0 Å². The third-order valence-electron chi connectivity index (χ3n) is 8.29. The molecule has 43 heavy (non-hydrogen) atoms. The molecule has 3 heterocycles. The van der Waals surface area contributed by atoms with Crippen LogP contribution in [0.5, 0.6) is 0 Å². The molecule has 3 rings (SSSR count). The number of nitrogens with two attached hydrogens (primary N) is 3. The molecule has 0 amide bonds. The molecule has 17 N–H and O–H groups in total. The number of aliphatic hydroxyl groups is 9. The lowest BCUT2D eigenvalue weighted by atomic mass is 9.65. The third-order valence-corrected chi connectivity index (χ3v) is 8.29. The molecule has 3 fully saturated rings. The van der Waals surface area contributed by atoms with Crippen LogP contribution in [-0.4, -0.2) is 179 Å². The smallest absolute Gasteiger partial charge is 0.324 e. The van der Waals surface area contributed by atoms with Crippen molar-refractivity contribution in [2.24, 2.45) is 22.6 Å². The number of aliphatic hydroxyl groups excluding tert-OH is 7. The highest BCUT2D eigenvalue weighted by atomic mass is 16.8. The Bertz CT molecular complexity index is 988. The molecule has 21 heteroatoms. The first-order valence-electron chi connectivity index (χ1n) is 12.9. The van der Waals surface area contributed by atoms with Gasteiger partial charge in [0.25, 0.3) is 0 Å². The monoisotopic (exact) mass is 633 g/mol. The lowest BCUT2D eigenvalue weighted by molar-refractivity contribution is -0.432. The fraction of sp³-hybridized carbons (Fsp3) is 0.909. The van der Waals surface area contributed by atoms with Gasteiger partial charge in [-0.2, -0.15) is 0 Å². The topological polar surface area (TPSA) is 381 Å². The lowest BCUT2D eigenvalue weighted by Gasteiger charge is -2.57.